The summed E-state index contributed by atoms with van der Waals surface area (Å²) in [5.74, 6) is 0.537. The molecule has 1 nitrogen and oxygen atoms in total. The number of nitrogens with zero attached hydrogens (tertiary/aromatic N) is 1. The van der Waals surface area contributed by atoms with Crippen LogP contribution in [-0.2, 0) is 6.54 Å². The molecule has 1 unspecified atom stereocenters. The third-order valence-electron chi connectivity index (χ3n) is 3.28. The predicted octanol–water partition coefficient (Wildman–Crippen LogP) is 4.30. The highest BCUT2D eigenvalue weighted by Gasteiger charge is 2.12. The van der Waals surface area contributed by atoms with Crippen LogP contribution in [0.4, 0.5) is 0 Å². The number of halogens is 1. The molecule has 0 bridgehead atoms. The molecular weight excluding hydrogens is 298 g/mol. The molecule has 2 rings (SSSR count). The van der Waals surface area contributed by atoms with Crippen molar-refractivity contribution in [1.29, 1.82) is 0 Å². The highest BCUT2D eigenvalue weighted by Crippen LogP contribution is 2.19. The lowest BCUT2D eigenvalue weighted by Gasteiger charge is -2.23. The molecule has 100 valence electrons. The van der Waals surface area contributed by atoms with Crippen LogP contribution in [0.5, 0.6) is 0 Å². The first-order chi connectivity index (χ1) is 9.29. The first-order valence-electron chi connectivity index (χ1n) is 6.63. The number of likely N-dealkylation sites (N-methyl/N-ethyl adjacent to an activating group) is 1. The van der Waals surface area contributed by atoms with Gasteiger partial charge in [-0.2, -0.15) is 0 Å². The highest BCUT2D eigenvalue weighted by atomic mass is 79.9. The van der Waals surface area contributed by atoms with Gasteiger partial charge in [-0.05, 0) is 18.2 Å². The van der Waals surface area contributed by atoms with Crippen LogP contribution >= 0.6 is 15.9 Å². The van der Waals surface area contributed by atoms with E-state index in [1.807, 2.05) is 0 Å². The molecule has 0 spiro atoms. The van der Waals surface area contributed by atoms with E-state index < -0.39 is 0 Å². The van der Waals surface area contributed by atoms with E-state index in [0.717, 1.165) is 18.4 Å². The molecule has 0 radical (unpaired) electrons. The molecule has 0 saturated carbocycles. The zero-order valence-corrected chi connectivity index (χ0v) is 12.9. The Bertz CT molecular complexity index is 469. The minimum atomic E-state index is 0.537. The van der Waals surface area contributed by atoms with E-state index in [1.54, 1.807) is 0 Å². The van der Waals surface area contributed by atoms with Gasteiger partial charge in [0.15, 0.2) is 0 Å². The van der Waals surface area contributed by atoms with Crippen LogP contribution in [0, 0.1) is 0 Å². The lowest BCUT2D eigenvalue weighted by Crippen LogP contribution is -2.25. The summed E-state index contributed by atoms with van der Waals surface area (Å²) in [7, 11) is 2.19. The minimum absolute atomic E-state index is 0.537. The number of hydrogen-bond acceptors (Lipinski definition) is 1. The van der Waals surface area contributed by atoms with Crippen LogP contribution in [-0.4, -0.2) is 23.8 Å². The van der Waals surface area contributed by atoms with E-state index in [4.69, 9.17) is 0 Å². The molecule has 0 fully saturated rings. The van der Waals surface area contributed by atoms with Crippen LogP contribution in [0.2, 0.25) is 0 Å². The zero-order valence-electron chi connectivity index (χ0n) is 11.3. The molecule has 0 N–H and O–H groups in total. The second-order valence-electron chi connectivity index (χ2n) is 4.94. The Balaban J connectivity index is 1.95. The Morgan fingerprint density at radius 3 is 2.11 bits per heavy atom. The maximum atomic E-state index is 3.64. The zero-order chi connectivity index (χ0) is 13.5. The Kier molecular flexibility index (Phi) is 5.62. The first-order valence-corrected chi connectivity index (χ1v) is 7.75. The molecule has 2 aromatic carbocycles. The summed E-state index contributed by atoms with van der Waals surface area (Å²) in [4.78, 5) is 2.38. The van der Waals surface area contributed by atoms with Crippen LogP contribution < -0.4 is 0 Å². The van der Waals surface area contributed by atoms with Crippen molar-refractivity contribution < 1.29 is 0 Å². The average Bonchev–Trinajstić information content (AvgIpc) is 2.47. The Hall–Kier alpha value is -1.12. The van der Waals surface area contributed by atoms with E-state index in [-0.39, 0.29) is 0 Å². The summed E-state index contributed by atoms with van der Waals surface area (Å²) in [6.45, 7) is 2.06. The lowest BCUT2D eigenvalue weighted by atomic mass is 10.0. The Morgan fingerprint density at radius 2 is 1.53 bits per heavy atom. The van der Waals surface area contributed by atoms with Crippen LogP contribution in [0.25, 0.3) is 0 Å². The summed E-state index contributed by atoms with van der Waals surface area (Å²) in [6.07, 6.45) is 0. The molecule has 19 heavy (non-hydrogen) atoms. The third kappa shape index (κ3) is 4.48. The molecule has 0 amide bonds. The van der Waals surface area contributed by atoms with Gasteiger partial charge in [-0.15, -0.1) is 0 Å². The monoisotopic (exact) mass is 317 g/mol. The second-order valence-corrected chi connectivity index (χ2v) is 5.59. The molecule has 0 aliphatic carbocycles. The predicted molar refractivity (Wildman–Crippen MR) is 85.8 cm³/mol. The second kappa shape index (κ2) is 7.46. The van der Waals surface area contributed by atoms with Gasteiger partial charge in [-0.3, -0.25) is 0 Å². The highest BCUT2D eigenvalue weighted by molar-refractivity contribution is 9.09. The van der Waals surface area contributed by atoms with Crippen molar-refractivity contribution >= 4 is 15.9 Å². The topological polar surface area (TPSA) is 3.24 Å². The summed E-state index contributed by atoms with van der Waals surface area (Å²) < 4.78 is 0. The summed E-state index contributed by atoms with van der Waals surface area (Å²) >= 11 is 3.64. The molecule has 2 aromatic rings. The molecule has 0 aromatic heterocycles. The van der Waals surface area contributed by atoms with Gasteiger partial charge < -0.3 is 4.90 Å². The van der Waals surface area contributed by atoms with E-state index in [0.29, 0.717) is 5.92 Å². The molecule has 0 aliphatic rings. The van der Waals surface area contributed by atoms with Gasteiger partial charge in [0.2, 0.25) is 0 Å². The lowest BCUT2D eigenvalue weighted by molar-refractivity contribution is 0.311. The van der Waals surface area contributed by atoms with Gasteiger partial charge in [-0.25, -0.2) is 0 Å². The summed E-state index contributed by atoms with van der Waals surface area (Å²) in [5, 5.41) is 0.996. The first kappa shape index (κ1) is 14.3. The third-order valence-corrected chi connectivity index (χ3v) is 4.07. The number of benzene rings is 2. The summed E-state index contributed by atoms with van der Waals surface area (Å²) in [5.41, 5.74) is 2.77. The van der Waals surface area contributed by atoms with Crippen LogP contribution in [0.15, 0.2) is 60.7 Å². The van der Waals surface area contributed by atoms with Gasteiger partial charge in [0.1, 0.15) is 0 Å². The molecule has 0 heterocycles. The van der Waals surface area contributed by atoms with E-state index in [9.17, 15) is 0 Å². The van der Waals surface area contributed by atoms with Gasteiger partial charge in [-0.1, -0.05) is 76.6 Å². The Morgan fingerprint density at radius 1 is 0.947 bits per heavy atom. The van der Waals surface area contributed by atoms with Crippen molar-refractivity contribution in [2.24, 2.45) is 0 Å². The van der Waals surface area contributed by atoms with Crippen molar-refractivity contribution in [2.75, 3.05) is 18.9 Å². The maximum Gasteiger partial charge on any atom is 0.0230 e. The quantitative estimate of drug-likeness (QED) is 0.718. The van der Waals surface area contributed by atoms with Gasteiger partial charge in [0, 0.05) is 24.3 Å². The number of alkyl halides is 1. The average molecular weight is 318 g/mol. The van der Waals surface area contributed by atoms with E-state index in [2.05, 4.69) is 88.5 Å². The summed E-state index contributed by atoms with van der Waals surface area (Å²) in [6, 6.07) is 21.3. The smallest absolute Gasteiger partial charge is 0.0230 e. The standard InChI is InChI=1S/C17H20BrN/c1-19(13-15-8-4-2-5-9-15)14-17(12-18)16-10-6-3-7-11-16/h2-11,17H,12-14H2,1H3. The van der Waals surface area contributed by atoms with Gasteiger partial charge >= 0.3 is 0 Å². The minimum Gasteiger partial charge on any atom is -0.301 e. The van der Waals surface area contributed by atoms with Gasteiger partial charge in [0.05, 0.1) is 0 Å². The SMILES string of the molecule is CN(Cc1ccccc1)CC(CBr)c1ccccc1. The van der Waals surface area contributed by atoms with E-state index >= 15 is 0 Å². The number of hydrogen-bond donors (Lipinski definition) is 0. The van der Waals surface area contributed by atoms with Crippen molar-refractivity contribution in [3.8, 4) is 0 Å². The largest absolute Gasteiger partial charge is 0.301 e. The van der Waals surface area contributed by atoms with Gasteiger partial charge in [0.25, 0.3) is 0 Å². The molecule has 1 atom stereocenters. The normalized spacial score (nSPS) is 12.6. The fourth-order valence-electron chi connectivity index (χ4n) is 2.30. The molecule has 0 aliphatic heterocycles. The molecule has 0 saturated heterocycles. The van der Waals surface area contributed by atoms with Crippen molar-refractivity contribution in [3.63, 3.8) is 0 Å². The molecule has 2 heteroatoms. The van der Waals surface area contributed by atoms with Crippen molar-refractivity contribution in [1.82, 2.24) is 4.90 Å². The Labute approximate surface area is 124 Å². The van der Waals surface area contributed by atoms with E-state index in [1.165, 1.54) is 11.1 Å². The van der Waals surface area contributed by atoms with Crippen LogP contribution in [0.1, 0.15) is 17.0 Å². The maximum absolute atomic E-state index is 3.64. The number of rotatable bonds is 6. The molecular formula is C17H20BrN. The van der Waals surface area contributed by atoms with Crippen LogP contribution in [0.3, 0.4) is 0 Å². The fraction of sp³-hybridized carbons (Fsp3) is 0.294. The fourth-order valence-corrected chi connectivity index (χ4v) is 2.88. The van der Waals surface area contributed by atoms with Crippen molar-refractivity contribution in [2.45, 2.75) is 12.5 Å². The van der Waals surface area contributed by atoms with Crippen molar-refractivity contribution in [3.05, 3.63) is 71.8 Å².